The zero-order valence-corrected chi connectivity index (χ0v) is 12.6. The maximum Gasteiger partial charge on any atom is 0.241 e. The van der Waals surface area contributed by atoms with Crippen LogP contribution in [0.1, 0.15) is 11.7 Å². The van der Waals surface area contributed by atoms with Gasteiger partial charge in [0.15, 0.2) is 0 Å². The minimum atomic E-state index is -0.570. The highest BCUT2D eigenvalue weighted by atomic mass is 16.3. The fourth-order valence-corrected chi connectivity index (χ4v) is 2.72. The lowest BCUT2D eigenvalue weighted by Gasteiger charge is -2.34. The number of benzene rings is 1. The number of nitrogens with zero attached hydrogens (tertiary/aromatic N) is 4. The average molecular weight is 300 g/mol. The first-order valence-electron chi connectivity index (χ1n) is 7.38. The normalized spacial score (nSPS) is 17.7. The number of hydrogen-bond acceptors (Lipinski definition) is 4. The van der Waals surface area contributed by atoms with Crippen LogP contribution in [0.25, 0.3) is 0 Å². The Morgan fingerprint density at radius 2 is 2.05 bits per heavy atom. The van der Waals surface area contributed by atoms with Crippen molar-refractivity contribution in [2.24, 2.45) is 7.05 Å². The topological polar surface area (TPSA) is 61.6 Å². The van der Waals surface area contributed by atoms with E-state index in [0.717, 1.165) is 17.8 Å². The molecule has 1 fully saturated rings. The van der Waals surface area contributed by atoms with E-state index in [9.17, 15) is 9.90 Å². The summed E-state index contributed by atoms with van der Waals surface area (Å²) >= 11 is 0. The summed E-state index contributed by atoms with van der Waals surface area (Å²) in [7, 11) is 1.83. The highest BCUT2D eigenvalue weighted by Crippen LogP contribution is 2.18. The van der Waals surface area contributed by atoms with Gasteiger partial charge >= 0.3 is 0 Å². The van der Waals surface area contributed by atoms with Crippen molar-refractivity contribution in [3.05, 3.63) is 48.3 Å². The van der Waals surface area contributed by atoms with Gasteiger partial charge < -0.3 is 10.0 Å². The van der Waals surface area contributed by atoms with E-state index < -0.39 is 6.10 Å². The van der Waals surface area contributed by atoms with Crippen molar-refractivity contribution in [1.29, 1.82) is 0 Å². The highest BCUT2D eigenvalue weighted by molar-refractivity contribution is 5.95. The van der Waals surface area contributed by atoms with Gasteiger partial charge in [0.25, 0.3) is 0 Å². The fourth-order valence-electron chi connectivity index (χ4n) is 2.72. The van der Waals surface area contributed by atoms with Gasteiger partial charge in [-0.25, -0.2) is 0 Å². The SMILES string of the molecule is Cn1cc(N2CCN(C[C@H](O)c3ccccc3)CC2=O)cn1. The Balaban J connectivity index is 1.59. The molecule has 1 N–H and O–H groups in total. The number of aliphatic hydroxyl groups is 1. The van der Waals surface area contributed by atoms with Crippen molar-refractivity contribution in [2.45, 2.75) is 6.10 Å². The molecule has 0 radical (unpaired) electrons. The Hall–Kier alpha value is -2.18. The molecule has 1 aromatic heterocycles. The monoisotopic (exact) mass is 300 g/mol. The van der Waals surface area contributed by atoms with Crippen LogP contribution in [0.15, 0.2) is 42.7 Å². The largest absolute Gasteiger partial charge is 0.387 e. The van der Waals surface area contributed by atoms with Crippen LogP contribution >= 0.6 is 0 Å². The second-order valence-corrected chi connectivity index (χ2v) is 5.58. The summed E-state index contributed by atoms with van der Waals surface area (Å²) < 4.78 is 1.69. The maximum absolute atomic E-state index is 12.3. The summed E-state index contributed by atoms with van der Waals surface area (Å²) in [5.41, 5.74) is 1.71. The quantitative estimate of drug-likeness (QED) is 0.907. The smallest absolute Gasteiger partial charge is 0.241 e. The van der Waals surface area contributed by atoms with E-state index in [0.29, 0.717) is 19.6 Å². The van der Waals surface area contributed by atoms with E-state index in [1.165, 1.54) is 0 Å². The number of aromatic nitrogens is 2. The van der Waals surface area contributed by atoms with Crippen LogP contribution in [0.3, 0.4) is 0 Å². The molecule has 0 bridgehead atoms. The number of carbonyl (C=O) groups excluding carboxylic acids is 1. The van der Waals surface area contributed by atoms with Gasteiger partial charge in [-0.2, -0.15) is 5.10 Å². The number of aliphatic hydroxyl groups excluding tert-OH is 1. The molecule has 1 atom stereocenters. The summed E-state index contributed by atoms with van der Waals surface area (Å²) in [5.74, 6) is 0.0412. The summed E-state index contributed by atoms with van der Waals surface area (Å²) in [5, 5.41) is 14.4. The molecule has 22 heavy (non-hydrogen) atoms. The van der Waals surface area contributed by atoms with E-state index in [1.807, 2.05) is 48.5 Å². The Kier molecular flexibility index (Phi) is 4.22. The molecule has 1 amide bonds. The second-order valence-electron chi connectivity index (χ2n) is 5.58. The summed E-state index contributed by atoms with van der Waals surface area (Å²) in [6.07, 6.45) is 2.97. The minimum Gasteiger partial charge on any atom is -0.387 e. The van der Waals surface area contributed by atoms with E-state index in [1.54, 1.807) is 15.8 Å². The number of aryl methyl sites for hydroxylation is 1. The van der Waals surface area contributed by atoms with Crippen molar-refractivity contribution in [1.82, 2.24) is 14.7 Å². The third kappa shape index (κ3) is 3.18. The van der Waals surface area contributed by atoms with E-state index in [-0.39, 0.29) is 5.91 Å². The number of piperazine rings is 1. The zero-order chi connectivity index (χ0) is 15.5. The van der Waals surface area contributed by atoms with Crippen molar-refractivity contribution in [3.63, 3.8) is 0 Å². The standard InChI is InChI=1S/C16H20N4O2/c1-18-10-14(9-17-18)20-8-7-19(12-16(20)22)11-15(21)13-5-3-2-4-6-13/h2-6,9-10,15,21H,7-8,11-12H2,1H3/t15-/m0/s1. The number of β-amino-alcohol motifs (C(OH)–C–C–N with tert-alkyl or cyclic N) is 1. The lowest BCUT2D eigenvalue weighted by molar-refractivity contribution is -0.121. The number of amides is 1. The van der Waals surface area contributed by atoms with E-state index in [2.05, 4.69) is 5.10 Å². The lowest BCUT2D eigenvalue weighted by Crippen LogP contribution is -2.51. The third-order valence-electron chi connectivity index (χ3n) is 3.92. The Morgan fingerprint density at radius 3 is 2.68 bits per heavy atom. The van der Waals surface area contributed by atoms with Crippen LogP contribution in [0.5, 0.6) is 0 Å². The van der Waals surface area contributed by atoms with Crippen LogP contribution < -0.4 is 4.90 Å². The number of hydrogen-bond donors (Lipinski definition) is 1. The molecule has 2 heterocycles. The summed E-state index contributed by atoms with van der Waals surface area (Å²) in [6.45, 7) is 2.14. The first kappa shape index (κ1) is 14.7. The Bertz CT molecular complexity index is 641. The molecule has 1 aliphatic rings. The fraction of sp³-hybridized carbons (Fsp3) is 0.375. The van der Waals surface area contributed by atoms with Gasteiger partial charge in [0.05, 0.1) is 24.5 Å². The number of carbonyl (C=O) groups is 1. The first-order chi connectivity index (χ1) is 10.6. The maximum atomic E-state index is 12.3. The summed E-state index contributed by atoms with van der Waals surface area (Å²) in [4.78, 5) is 16.0. The molecule has 6 nitrogen and oxygen atoms in total. The predicted octanol–water partition coefficient (Wildman–Crippen LogP) is 0.802. The third-order valence-corrected chi connectivity index (χ3v) is 3.92. The molecule has 1 saturated heterocycles. The van der Waals surface area contributed by atoms with Crippen LogP contribution in [0, 0.1) is 0 Å². The summed E-state index contributed by atoms with van der Waals surface area (Å²) in [6, 6.07) is 9.54. The number of anilines is 1. The Morgan fingerprint density at radius 1 is 1.27 bits per heavy atom. The molecule has 1 aliphatic heterocycles. The van der Waals surface area contributed by atoms with Crippen molar-refractivity contribution >= 4 is 11.6 Å². The van der Waals surface area contributed by atoms with Gasteiger partial charge in [0.2, 0.25) is 5.91 Å². The molecule has 6 heteroatoms. The van der Waals surface area contributed by atoms with Gasteiger partial charge in [-0.05, 0) is 5.56 Å². The minimum absolute atomic E-state index is 0.0412. The van der Waals surface area contributed by atoms with Crippen molar-refractivity contribution in [3.8, 4) is 0 Å². The highest BCUT2D eigenvalue weighted by Gasteiger charge is 2.27. The second kappa shape index (κ2) is 6.29. The van der Waals surface area contributed by atoms with Crippen LogP contribution in [-0.4, -0.2) is 51.9 Å². The van der Waals surface area contributed by atoms with Crippen molar-refractivity contribution < 1.29 is 9.90 Å². The van der Waals surface area contributed by atoms with Crippen molar-refractivity contribution in [2.75, 3.05) is 31.1 Å². The molecule has 0 saturated carbocycles. The molecular formula is C16H20N4O2. The zero-order valence-electron chi connectivity index (χ0n) is 12.6. The van der Waals surface area contributed by atoms with Crippen LogP contribution in [0.4, 0.5) is 5.69 Å². The first-order valence-corrected chi connectivity index (χ1v) is 7.38. The van der Waals surface area contributed by atoms with Gasteiger partial charge in [0.1, 0.15) is 0 Å². The molecule has 3 rings (SSSR count). The molecule has 0 aliphatic carbocycles. The van der Waals surface area contributed by atoms with E-state index in [4.69, 9.17) is 0 Å². The molecule has 0 unspecified atom stereocenters. The lowest BCUT2D eigenvalue weighted by atomic mass is 10.1. The molecule has 116 valence electrons. The molecule has 1 aromatic carbocycles. The van der Waals surface area contributed by atoms with Crippen LogP contribution in [-0.2, 0) is 11.8 Å². The Labute approximate surface area is 129 Å². The predicted molar refractivity (Wildman–Crippen MR) is 83.4 cm³/mol. The molecule has 0 spiro atoms. The molecule has 2 aromatic rings. The van der Waals surface area contributed by atoms with Crippen LogP contribution in [0.2, 0.25) is 0 Å². The van der Waals surface area contributed by atoms with E-state index >= 15 is 0 Å². The van der Waals surface area contributed by atoms with Gasteiger partial charge in [0, 0.05) is 32.9 Å². The average Bonchev–Trinajstić information content (AvgIpc) is 2.94. The van der Waals surface area contributed by atoms with Gasteiger partial charge in [-0.3, -0.25) is 14.4 Å². The van der Waals surface area contributed by atoms with Gasteiger partial charge in [-0.15, -0.1) is 0 Å². The molecular weight excluding hydrogens is 280 g/mol. The number of rotatable bonds is 4. The van der Waals surface area contributed by atoms with Gasteiger partial charge in [-0.1, -0.05) is 30.3 Å².